The van der Waals surface area contributed by atoms with E-state index in [1.165, 1.54) is 16.5 Å². The van der Waals surface area contributed by atoms with Crippen molar-refractivity contribution >= 4 is 16.9 Å². The lowest BCUT2D eigenvalue weighted by molar-refractivity contribution is 0.0205. The first-order valence-electron chi connectivity index (χ1n) is 8.48. The van der Waals surface area contributed by atoms with Crippen LogP contribution in [0, 0.1) is 5.41 Å². The summed E-state index contributed by atoms with van der Waals surface area (Å²) in [5, 5.41) is 8.01. The van der Waals surface area contributed by atoms with Crippen molar-refractivity contribution in [3.8, 4) is 0 Å². The third-order valence-electron chi connectivity index (χ3n) is 4.29. The van der Waals surface area contributed by atoms with Crippen LogP contribution in [0.2, 0.25) is 0 Å². The van der Waals surface area contributed by atoms with Gasteiger partial charge in [0, 0.05) is 44.3 Å². The van der Waals surface area contributed by atoms with Crippen LogP contribution >= 0.6 is 0 Å². The molecule has 0 saturated carbocycles. The lowest BCUT2D eigenvalue weighted by Crippen LogP contribution is -2.45. The Morgan fingerprint density at radius 2 is 2.00 bits per heavy atom. The number of benzene rings is 1. The molecule has 0 spiro atoms. The maximum Gasteiger partial charge on any atom is 0.191 e. The topological polar surface area (TPSA) is 61.4 Å². The van der Waals surface area contributed by atoms with Crippen molar-refractivity contribution in [3.05, 3.63) is 36.0 Å². The molecule has 1 aromatic heterocycles. The first-order valence-corrected chi connectivity index (χ1v) is 8.48. The van der Waals surface area contributed by atoms with E-state index in [2.05, 4.69) is 65.8 Å². The molecule has 2 rings (SSSR count). The summed E-state index contributed by atoms with van der Waals surface area (Å²) < 4.78 is 5.57. The molecule has 0 radical (unpaired) electrons. The molecule has 5 nitrogen and oxygen atoms in total. The maximum absolute atomic E-state index is 5.57. The molecule has 132 valence electrons. The van der Waals surface area contributed by atoms with E-state index in [0.717, 1.165) is 25.5 Å². The van der Waals surface area contributed by atoms with Crippen molar-refractivity contribution in [2.45, 2.75) is 33.3 Å². The van der Waals surface area contributed by atoms with Gasteiger partial charge in [-0.15, -0.1) is 0 Å². The molecular formula is C19H30N4O. The van der Waals surface area contributed by atoms with Gasteiger partial charge < -0.3 is 20.4 Å². The second-order valence-electron chi connectivity index (χ2n) is 7.08. The molecule has 1 unspecified atom stereocenters. The lowest BCUT2D eigenvalue weighted by atomic mass is 9.89. The highest BCUT2D eigenvalue weighted by Gasteiger charge is 2.24. The Balaban J connectivity index is 1.84. The van der Waals surface area contributed by atoms with Gasteiger partial charge in [-0.1, -0.05) is 39.0 Å². The van der Waals surface area contributed by atoms with Gasteiger partial charge in [0.2, 0.25) is 0 Å². The third-order valence-corrected chi connectivity index (χ3v) is 4.29. The number of fused-ring (bicyclic) bond motifs is 1. The second-order valence-corrected chi connectivity index (χ2v) is 7.08. The standard InChI is InChI=1S/C19H30N4O/c1-19(2,3)17(24-5)13-23-18(20-4)21-11-10-14-12-22-16-9-7-6-8-15(14)16/h6-9,12,17,22H,10-11,13H2,1-5H3,(H2,20,21,23). The van der Waals surface area contributed by atoms with Gasteiger partial charge in [-0.25, -0.2) is 0 Å². The summed E-state index contributed by atoms with van der Waals surface area (Å²) in [6.45, 7) is 8.09. The number of aromatic amines is 1. The molecule has 0 aliphatic rings. The number of guanidine groups is 1. The number of aliphatic imine (C=N–C) groups is 1. The third kappa shape index (κ3) is 4.74. The van der Waals surface area contributed by atoms with Gasteiger partial charge in [0.1, 0.15) is 0 Å². The maximum atomic E-state index is 5.57. The van der Waals surface area contributed by atoms with Gasteiger partial charge >= 0.3 is 0 Å². The highest BCUT2D eigenvalue weighted by Crippen LogP contribution is 2.21. The fourth-order valence-electron chi connectivity index (χ4n) is 2.81. The van der Waals surface area contributed by atoms with E-state index in [9.17, 15) is 0 Å². The van der Waals surface area contributed by atoms with E-state index >= 15 is 0 Å². The Morgan fingerprint density at radius 1 is 1.25 bits per heavy atom. The van der Waals surface area contributed by atoms with Crippen LogP contribution < -0.4 is 10.6 Å². The van der Waals surface area contributed by atoms with Gasteiger partial charge in [0.25, 0.3) is 0 Å². The van der Waals surface area contributed by atoms with E-state index in [-0.39, 0.29) is 11.5 Å². The Kier molecular flexibility index (Phi) is 6.26. The Bertz CT molecular complexity index is 669. The highest BCUT2D eigenvalue weighted by molar-refractivity contribution is 5.83. The van der Waals surface area contributed by atoms with E-state index in [0.29, 0.717) is 0 Å². The molecule has 0 fully saturated rings. The first-order chi connectivity index (χ1) is 11.5. The van der Waals surface area contributed by atoms with Crippen LogP contribution in [0.15, 0.2) is 35.5 Å². The molecule has 1 heterocycles. The SMILES string of the molecule is CN=C(NCCc1c[nH]c2ccccc12)NCC(OC)C(C)(C)C. The summed E-state index contributed by atoms with van der Waals surface area (Å²) in [5.74, 6) is 0.807. The Morgan fingerprint density at radius 3 is 2.67 bits per heavy atom. The molecule has 1 aromatic carbocycles. The van der Waals surface area contributed by atoms with Crippen molar-refractivity contribution in [3.63, 3.8) is 0 Å². The quantitative estimate of drug-likeness (QED) is 0.564. The molecule has 0 aliphatic carbocycles. The fraction of sp³-hybridized carbons (Fsp3) is 0.526. The lowest BCUT2D eigenvalue weighted by Gasteiger charge is -2.30. The van der Waals surface area contributed by atoms with Crippen LogP contribution in [0.3, 0.4) is 0 Å². The van der Waals surface area contributed by atoms with Crippen LogP contribution in [0.4, 0.5) is 0 Å². The molecular weight excluding hydrogens is 300 g/mol. The van der Waals surface area contributed by atoms with E-state index in [1.54, 1.807) is 14.2 Å². The van der Waals surface area contributed by atoms with Gasteiger partial charge in [-0.2, -0.15) is 0 Å². The molecule has 2 aromatic rings. The number of methoxy groups -OCH3 is 1. The van der Waals surface area contributed by atoms with Crippen LogP contribution in [0.5, 0.6) is 0 Å². The molecule has 3 N–H and O–H groups in total. The van der Waals surface area contributed by atoms with Gasteiger partial charge in [0.05, 0.1) is 6.10 Å². The number of H-pyrrole nitrogens is 1. The zero-order valence-corrected chi connectivity index (χ0v) is 15.4. The number of ether oxygens (including phenoxy) is 1. The number of aromatic nitrogens is 1. The molecule has 1 atom stereocenters. The second kappa shape index (κ2) is 8.20. The number of nitrogens with zero attached hydrogens (tertiary/aromatic N) is 1. The molecule has 0 aliphatic heterocycles. The van der Waals surface area contributed by atoms with Gasteiger partial charge in [-0.05, 0) is 23.5 Å². The van der Waals surface area contributed by atoms with E-state index in [4.69, 9.17) is 4.74 Å². The van der Waals surface area contributed by atoms with Crippen molar-refractivity contribution < 1.29 is 4.74 Å². The summed E-state index contributed by atoms with van der Waals surface area (Å²) in [6, 6.07) is 8.38. The minimum absolute atomic E-state index is 0.0879. The Labute approximate surface area is 144 Å². The van der Waals surface area contributed by atoms with Crippen molar-refractivity contribution in [2.24, 2.45) is 10.4 Å². The first kappa shape index (κ1) is 18.3. The predicted octanol–water partition coefficient (Wildman–Crippen LogP) is 2.94. The van der Waals surface area contributed by atoms with Crippen molar-refractivity contribution in [1.82, 2.24) is 15.6 Å². The predicted molar refractivity (Wildman–Crippen MR) is 102 cm³/mol. The molecule has 24 heavy (non-hydrogen) atoms. The van der Waals surface area contributed by atoms with Crippen LogP contribution in [-0.2, 0) is 11.2 Å². The minimum Gasteiger partial charge on any atom is -0.379 e. The summed E-state index contributed by atoms with van der Waals surface area (Å²) in [5.41, 5.74) is 2.59. The van der Waals surface area contributed by atoms with Gasteiger partial charge in [-0.3, -0.25) is 4.99 Å². The highest BCUT2D eigenvalue weighted by atomic mass is 16.5. The monoisotopic (exact) mass is 330 g/mol. The van der Waals surface area contributed by atoms with Crippen LogP contribution in [-0.4, -0.2) is 44.3 Å². The van der Waals surface area contributed by atoms with Crippen molar-refractivity contribution in [2.75, 3.05) is 27.2 Å². The minimum atomic E-state index is 0.0879. The van der Waals surface area contributed by atoms with E-state index < -0.39 is 0 Å². The summed E-state index contributed by atoms with van der Waals surface area (Å²) in [7, 11) is 3.55. The number of hydrogen-bond acceptors (Lipinski definition) is 2. The number of nitrogens with one attached hydrogen (secondary N) is 3. The zero-order chi connectivity index (χ0) is 17.6. The molecule has 5 heteroatoms. The number of hydrogen-bond donors (Lipinski definition) is 3. The molecule has 0 bridgehead atoms. The average Bonchev–Trinajstić information content (AvgIpc) is 2.96. The number of para-hydroxylation sites is 1. The molecule has 0 saturated heterocycles. The van der Waals surface area contributed by atoms with Crippen LogP contribution in [0.25, 0.3) is 10.9 Å². The van der Waals surface area contributed by atoms with Gasteiger partial charge in [0.15, 0.2) is 5.96 Å². The summed E-state index contributed by atoms with van der Waals surface area (Å²) in [4.78, 5) is 7.60. The molecule has 0 amide bonds. The smallest absolute Gasteiger partial charge is 0.191 e. The average molecular weight is 330 g/mol. The van der Waals surface area contributed by atoms with Crippen LogP contribution in [0.1, 0.15) is 26.3 Å². The summed E-state index contributed by atoms with van der Waals surface area (Å²) >= 11 is 0. The Hall–Kier alpha value is -2.01. The summed E-state index contributed by atoms with van der Waals surface area (Å²) in [6.07, 6.45) is 3.16. The van der Waals surface area contributed by atoms with Crippen molar-refractivity contribution in [1.29, 1.82) is 0 Å². The number of rotatable bonds is 6. The normalized spacial score (nSPS) is 14.0. The zero-order valence-electron chi connectivity index (χ0n) is 15.4. The van der Waals surface area contributed by atoms with E-state index in [1.807, 2.05) is 6.07 Å². The largest absolute Gasteiger partial charge is 0.379 e. The fourth-order valence-corrected chi connectivity index (χ4v) is 2.81.